The van der Waals surface area contributed by atoms with E-state index in [4.69, 9.17) is 0 Å². The zero-order valence-electron chi connectivity index (χ0n) is 15.8. The molecule has 0 saturated carbocycles. The zero-order valence-corrected chi connectivity index (χ0v) is 17.4. The Morgan fingerprint density at radius 2 is 1.79 bits per heavy atom. The number of carbonyl (C=O) groups excluding carboxylic acids is 3. The standard InChI is InChI=1S/C22H23BrN2O3/c1-15(9-10-16-6-3-2-4-7-16)24-20(26)8-5-13-25-21(27)18-12-11-17(23)14-19(18)22(25)28/h2-4,6-7,11-12,14-15H,5,8-10,13H2,1H3,(H,24,26). The molecule has 2 aromatic rings. The molecule has 1 N–H and O–H groups in total. The topological polar surface area (TPSA) is 66.5 Å². The third-order valence-electron chi connectivity index (χ3n) is 4.83. The fraction of sp³-hybridized carbons (Fsp3) is 0.318. The SMILES string of the molecule is CC(CCc1ccccc1)NC(=O)CCCN1C(=O)c2ccc(Br)cc2C1=O. The Hall–Kier alpha value is -2.47. The van der Waals surface area contributed by atoms with Gasteiger partial charge < -0.3 is 5.32 Å². The average molecular weight is 443 g/mol. The Bertz CT molecular complexity index is 883. The van der Waals surface area contributed by atoms with Crippen LogP contribution in [-0.2, 0) is 11.2 Å². The quantitative estimate of drug-likeness (QED) is 0.629. The van der Waals surface area contributed by atoms with Gasteiger partial charge in [0.1, 0.15) is 0 Å². The lowest BCUT2D eigenvalue weighted by molar-refractivity contribution is -0.121. The van der Waals surface area contributed by atoms with E-state index in [1.54, 1.807) is 18.2 Å². The van der Waals surface area contributed by atoms with E-state index in [1.807, 2.05) is 25.1 Å². The smallest absolute Gasteiger partial charge is 0.261 e. The van der Waals surface area contributed by atoms with Gasteiger partial charge in [0.25, 0.3) is 11.8 Å². The molecule has 3 amide bonds. The van der Waals surface area contributed by atoms with E-state index in [2.05, 4.69) is 33.4 Å². The van der Waals surface area contributed by atoms with Gasteiger partial charge in [-0.25, -0.2) is 0 Å². The van der Waals surface area contributed by atoms with Crippen LogP contribution < -0.4 is 5.32 Å². The second-order valence-electron chi connectivity index (χ2n) is 7.05. The minimum Gasteiger partial charge on any atom is -0.354 e. The minimum absolute atomic E-state index is 0.0556. The predicted octanol–water partition coefficient (Wildman–Crippen LogP) is 3.96. The first-order valence-corrected chi connectivity index (χ1v) is 10.2. The summed E-state index contributed by atoms with van der Waals surface area (Å²) >= 11 is 3.32. The average Bonchev–Trinajstić information content (AvgIpc) is 2.91. The van der Waals surface area contributed by atoms with Gasteiger partial charge in [0.05, 0.1) is 11.1 Å². The van der Waals surface area contributed by atoms with Gasteiger partial charge in [-0.1, -0.05) is 46.3 Å². The Morgan fingerprint density at radius 1 is 1.07 bits per heavy atom. The first-order valence-electron chi connectivity index (χ1n) is 9.44. The van der Waals surface area contributed by atoms with Crippen molar-refractivity contribution in [3.63, 3.8) is 0 Å². The summed E-state index contributed by atoms with van der Waals surface area (Å²) in [5, 5.41) is 2.99. The summed E-state index contributed by atoms with van der Waals surface area (Å²) in [6.07, 6.45) is 2.51. The number of benzene rings is 2. The maximum Gasteiger partial charge on any atom is 0.261 e. The molecule has 5 nitrogen and oxygen atoms in total. The van der Waals surface area contributed by atoms with Crippen LogP contribution in [0, 0.1) is 0 Å². The van der Waals surface area contributed by atoms with Crippen LogP contribution in [0.25, 0.3) is 0 Å². The second-order valence-corrected chi connectivity index (χ2v) is 7.96. The van der Waals surface area contributed by atoms with Crippen molar-refractivity contribution in [1.29, 1.82) is 0 Å². The number of rotatable bonds is 8. The maximum absolute atomic E-state index is 12.4. The van der Waals surface area contributed by atoms with Crippen molar-refractivity contribution in [3.05, 3.63) is 69.7 Å². The molecule has 0 aromatic heterocycles. The normalized spacial score (nSPS) is 14.1. The van der Waals surface area contributed by atoms with Crippen LogP contribution in [0.5, 0.6) is 0 Å². The zero-order chi connectivity index (χ0) is 20.1. The molecule has 0 bridgehead atoms. The van der Waals surface area contributed by atoms with Gasteiger partial charge in [-0.15, -0.1) is 0 Å². The van der Waals surface area contributed by atoms with Gasteiger partial charge in [-0.05, 0) is 49.9 Å². The van der Waals surface area contributed by atoms with E-state index in [0.717, 1.165) is 17.3 Å². The predicted molar refractivity (Wildman–Crippen MR) is 111 cm³/mol. The summed E-state index contributed by atoms with van der Waals surface area (Å²) < 4.78 is 0.762. The van der Waals surface area contributed by atoms with Gasteiger partial charge in [0, 0.05) is 23.5 Å². The first kappa shape index (κ1) is 20.3. The van der Waals surface area contributed by atoms with E-state index in [9.17, 15) is 14.4 Å². The largest absolute Gasteiger partial charge is 0.354 e. The summed E-state index contributed by atoms with van der Waals surface area (Å²) in [7, 11) is 0. The van der Waals surface area contributed by atoms with Crippen molar-refractivity contribution in [2.75, 3.05) is 6.54 Å². The molecule has 1 atom stereocenters. The number of aryl methyl sites for hydroxylation is 1. The van der Waals surface area contributed by atoms with Crippen LogP contribution in [0.3, 0.4) is 0 Å². The molecule has 0 aliphatic carbocycles. The highest BCUT2D eigenvalue weighted by atomic mass is 79.9. The van der Waals surface area contributed by atoms with Crippen molar-refractivity contribution in [2.45, 2.75) is 38.6 Å². The number of hydrogen-bond donors (Lipinski definition) is 1. The Kier molecular flexibility index (Phi) is 6.62. The molecule has 0 radical (unpaired) electrons. The highest BCUT2D eigenvalue weighted by Crippen LogP contribution is 2.26. The molecule has 1 aliphatic heterocycles. The van der Waals surface area contributed by atoms with Gasteiger partial charge in [0.15, 0.2) is 0 Å². The molecular formula is C22H23BrN2O3. The lowest BCUT2D eigenvalue weighted by Gasteiger charge is -2.16. The lowest BCUT2D eigenvalue weighted by Crippen LogP contribution is -2.34. The van der Waals surface area contributed by atoms with Crippen molar-refractivity contribution >= 4 is 33.7 Å². The minimum atomic E-state index is -0.294. The van der Waals surface area contributed by atoms with Gasteiger partial charge in [-0.2, -0.15) is 0 Å². The van der Waals surface area contributed by atoms with Gasteiger partial charge in [-0.3, -0.25) is 19.3 Å². The highest BCUT2D eigenvalue weighted by molar-refractivity contribution is 9.10. The Labute approximate surface area is 173 Å². The molecule has 28 heavy (non-hydrogen) atoms. The number of hydrogen-bond acceptors (Lipinski definition) is 3. The summed E-state index contributed by atoms with van der Waals surface area (Å²) in [4.78, 5) is 38.2. The van der Waals surface area contributed by atoms with Crippen LogP contribution >= 0.6 is 15.9 Å². The maximum atomic E-state index is 12.4. The molecule has 0 fully saturated rings. The fourth-order valence-electron chi connectivity index (χ4n) is 3.31. The number of amides is 3. The third kappa shape index (κ3) is 4.87. The molecule has 1 heterocycles. The molecule has 1 aliphatic rings. The molecule has 0 saturated heterocycles. The molecule has 0 spiro atoms. The van der Waals surface area contributed by atoms with Gasteiger partial charge >= 0.3 is 0 Å². The Balaban J connectivity index is 1.42. The molecular weight excluding hydrogens is 420 g/mol. The summed E-state index contributed by atoms with van der Waals surface area (Å²) in [5.74, 6) is -0.637. The monoisotopic (exact) mass is 442 g/mol. The molecule has 146 valence electrons. The van der Waals surface area contributed by atoms with Crippen LogP contribution in [0.4, 0.5) is 0 Å². The summed E-state index contributed by atoms with van der Waals surface area (Å²) in [5.41, 5.74) is 2.09. The van der Waals surface area contributed by atoms with E-state index in [0.29, 0.717) is 17.5 Å². The summed E-state index contributed by atoms with van der Waals surface area (Å²) in [6, 6.07) is 15.3. The van der Waals surface area contributed by atoms with E-state index in [1.165, 1.54) is 10.5 Å². The van der Waals surface area contributed by atoms with Crippen LogP contribution in [-0.4, -0.2) is 35.2 Å². The fourth-order valence-corrected chi connectivity index (χ4v) is 3.67. The summed E-state index contributed by atoms with van der Waals surface area (Å²) in [6.45, 7) is 2.23. The van der Waals surface area contributed by atoms with Crippen LogP contribution in [0.1, 0.15) is 52.5 Å². The first-order chi connectivity index (χ1) is 13.5. The Morgan fingerprint density at radius 3 is 2.54 bits per heavy atom. The van der Waals surface area contributed by atoms with E-state index < -0.39 is 0 Å². The second kappa shape index (κ2) is 9.15. The number of fused-ring (bicyclic) bond motifs is 1. The van der Waals surface area contributed by atoms with Crippen LogP contribution in [0.15, 0.2) is 53.0 Å². The number of nitrogens with one attached hydrogen (secondary N) is 1. The van der Waals surface area contributed by atoms with E-state index >= 15 is 0 Å². The molecule has 3 rings (SSSR count). The van der Waals surface area contributed by atoms with E-state index in [-0.39, 0.29) is 36.7 Å². The van der Waals surface area contributed by atoms with Crippen molar-refractivity contribution in [1.82, 2.24) is 10.2 Å². The van der Waals surface area contributed by atoms with Crippen molar-refractivity contribution in [3.8, 4) is 0 Å². The molecule has 6 heteroatoms. The number of carbonyl (C=O) groups is 3. The number of imide groups is 1. The van der Waals surface area contributed by atoms with Crippen molar-refractivity contribution < 1.29 is 14.4 Å². The number of halogens is 1. The third-order valence-corrected chi connectivity index (χ3v) is 5.33. The lowest BCUT2D eigenvalue weighted by atomic mass is 10.1. The van der Waals surface area contributed by atoms with Crippen molar-refractivity contribution in [2.24, 2.45) is 0 Å². The van der Waals surface area contributed by atoms with Gasteiger partial charge in [0.2, 0.25) is 5.91 Å². The molecule has 1 unspecified atom stereocenters. The van der Waals surface area contributed by atoms with Crippen LogP contribution in [0.2, 0.25) is 0 Å². The highest BCUT2D eigenvalue weighted by Gasteiger charge is 2.35. The number of nitrogens with zero attached hydrogens (tertiary/aromatic N) is 1. The molecule has 2 aromatic carbocycles.